The van der Waals surface area contributed by atoms with Crippen LogP contribution in [0, 0.1) is 5.41 Å². The van der Waals surface area contributed by atoms with Crippen LogP contribution in [0.4, 0.5) is 0 Å². The van der Waals surface area contributed by atoms with Crippen molar-refractivity contribution in [2.24, 2.45) is 5.41 Å². The summed E-state index contributed by atoms with van der Waals surface area (Å²) in [6.45, 7) is 4.59. The highest BCUT2D eigenvalue weighted by atomic mass is 31.2. The molecule has 0 aromatic heterocycles. The molecule has 5 nitrogen and oxygen atoms in total. The Morgan fingerprint density at radius 1 is 1.00 bits per heavy atom. The molecule has 1 aliphatic heterocycles. The molecule has 1 heterocycles. The number of carbonyl (C=O) groups is 1. The predicted molar refractivity (Wildman–Crippen MR) is 96.4 cm³/mol. The molecule has 2 aromatic carbocycles. The lowest BCUT2D eigenvalue weighted by atomic mass is 9.97. The smallest absolute Gasteiger partial charge is 0.334 e. The fourth-order valence-corrected chi connectivity index (χ4v) is 4.78. The van der Waals surface area contributed by atoms with Gasteiger partial charge in [0.2, 0.25) is 0 Å². The highest BCUT2D eigenvalue weighted by molar-refractivity contribution is 7.54. The quantitative estimate of drug-likeness (QED) is 0.823. The van der Waals surface area contributed by atoms with E-state index < -0.39 is 13.4 Å². The van der Waals surface area contributed by atoms with Gasteiger partial charge >= 0.3 is 7.60 Å². The van der Waals surface area contributed by atoms with Crippen LogP contribution in [0.3, 0.4) is 0 Å². The minimum Gasteiger partial charge on any atom is -0.334 e. The number of hydrogen-bond acceptors (Lipinski definition) is 4. The van der Waals surface area contributed by atoms with Gasteiger partial charge in [0.1, 0.15) is 0 Å². The van der Waals surface area contributed by atoms with Crippen LogP contribution in [-0.2, 0) is 13.6 Å². The lowest BCUT2D eigenvalue weighted by molar-refractivity contribution is 0.0361. The Kier molecular flexibility index (Phi) is 5.09. The maximum atomic E-state index is 13.3. The van der Waals surface area contributed by atoms with E-state index in [0.29, 0.717) is 24.3 Å². The summed E-state index contributed by atoms with van der Waals surface area (Å²) >= 11 is 0. The Bertz CT molecular complexity index is 763. The monoisotopic (exact) mass is 359 g/mol. The van der Waals surface area contributed by atoms with E-state index >= 15 is 0 Å². The number of carbonyl (C=O) groups excluding carboxylic acids is 1. The number of benzene rings is 2. The molecule has 1 saturated heterocycles. The van der Waals surface area contributed by atoms with Gasteiger partial charge in [-0.15, -0.1) is 0 Å². The first-order valence-electron chi connectivity index (χ1n) is 8.19. The Morgan fingerprint density at radius 2 is 1.52 bits per heavy atom. The van der Waals surface area contributed by atoms with Crippen LogP contribution in [0.2, 0.25) is 0 Å². The maximum Gasteiger partial charge on any atom is 0.357 e. The van der Waals surface area contributed by atoms with Gasteiger partial charge in [-0.2, -0.15) is 0 Å². The fraction of sp³-hybridized carbons (Fsp3) is 0.316. The first-order valence-corrected chi connectivity index (χ1v) is 9.81. The summed E-state index contributed by atoms with van der Waals surface area (Å²) in [6, 6.07) is 18.0. The minimum atomic E-state index is -3.53. The van der Waals surface area contributed by atoms with E-state index in [1.165, 1.54) is 0 Å². The van der Waals surface area contributed by atoms with E-state index in [2.05, 4.69) is 5.32 Å². The van der Waals surface area contributed by atoms with Crippen LogP contribution in [0.25, 0.3) is 0 Å². The van der Waals surface area contributed by atoms with Crippen molar-refractivity contribution in [1.82, 2.24) is 5.32 Å². The van der Waals surface area contributed by atoms with Gasteiger partial charge in [-0.05, 0) is 17.7 Å². The molecule has 2 aromatic rings. The maximum absolute atomic E-state index is 13.3. The summed E-state index contributed by atoms with van der Waals surface area (Å²) in [5.41, 5.74) is 0.973. The lowest BCUT2D eigenvalue weighted by Crippen LogP contribution is -2.35. The summed E-state index contributed by atoms with van der Waals surface area (Å²) in [7, 11) is -3.53. The third-order valence-electron chi connectivity index (χ3n) is 4.01. The second-order valence-electron chi connectivity index (χ2n) is 6.90. The number of hydrogen-bond donors (Lipinski definition) is 1. The Hall–Kier alpha value is -1.94. The van der Waals surface area contributed by atoms with Crippen LogP contribution in [0.5, 0.6) is 0 Å². The van der Waals surface area contributed by atoms with Crippen molar-refractivity contribution in [3.63, 3.8) is 0 Å². The summed E-state index contributed by atoms with van der Waals surface area (Å²) in [4.78, 5) is 12.6. The van der Waals surface area contributed by atoms with E-state index in [-0.39, 0.29) is 11.3 Å². The van der Waals surface area contributed by atoms with Crippen molar-refractivity contribution in [3.8, 4) is 0 Å². The van der Waals surface area contributed by atoms with Crippen molar-refractivity contribution in [2.75, 3.05) is 13.2 Å². The first kappa shape index (κ1) is 17.9. The largest absolute Gasteiger partial charge is 0.357 e. The van der Waals surface area contributed by atoms with Gasteiger partial charge in [-0.1, -0.05) is 62.4 Å². The second kappa shape index (κ2) is 7.12. The van der Waals surface area contributed by atoms with Crippen LogP contribution < -0.4 is 5.32 Å². The van der Waals surface area contributed by atoms with E-state index in [9.17, 15) is 9.36 Å². The second-order valence-corrected chi connectivity index (χ2v) is 9.02. The molecule has 25 heavy (non-hydrogen) atoms. The number of nitrogens with one attached hydrogen (secondary N) is 1. The van der Waals surface area contributed by atoms with Gasteiger partial charge in [0, 0.05) is 11.0 Å². The van der Waals surface area contributed by atoms with Crippen LogP contribution in [-0.4, -0.2) is 19.1 Å². The Labute approximate surface area is 147 Å². The highest BCUT2D eigenvalue weighted by Crippen LogP contribution is 2.63. The van der Waals surface area contributed by atoms with Crippen molar-refractivity contribution in [2.45, 2.75) is 19.6 Å². The molecule has 0 saturated carbocycles. The number of amides is 1. The van der Waals surface area contributed by atoms with Crippen molar-refractivity contribution < 1.29 is 18.4 Å². The molecule has 132 valence electrons. The Morgan fingerprint density at radius 3 is 2.08 bits per heavy atom. The molecule has 3 rings (SSSR count). The van der Waals surface area contributed by atoms with Gasteiger partial charge in [0.15, 0.2) is 5.78 Å². The van der Waals surface area contributed by atoms with Crippen LogP contribution in [0.1, 0.15) is 35.6 Å². The van der Waals surface area contributed by atoms with E-state index in [0.717, 1.165) is 0 Å². The standard InChI is InChI=1S/C19H22NO4P/c1-19(2)13-23-25(22,24-14-19)18(16-11-7-4-8-12-16)20-17(21)15-9-5-3-6-10-15/h3-12,18H,13-14H2,1-2H3,(H,20,21). The normalized spacial score (nSPS) is 19.8. The zero-order valence-electron chi connectivity index (χ0n) is 14.3. The molecule has 6 heteroatoms. The van der Waals surface area contributed by atoms with Gasteiger partial charge in [0.25, 0.3) is 5.91 Å². The molecule has 1 fully saturated rings. The minimum absolute atomic E-state index is 0.210. The summed E-state index contributed by atoms with van der Waals surface area (Å²) < 4.78 is 24.6. The molecule has 0 aliphatic carbocycles. The third-order valence-corrected chi connectivity index (χ3v) is 6.04. The van der Waals surface area contributed by atoms with E-state index in [4.69, 9.17) is 9.05 Å². The molecular weight excluding hydrogens is 337 g/mol. The molecule has 1 aliphatic rings. The molecule has 1 N–H and O–H groups in total. The van der Waals surface area contributed by atoms with E-state index in [1.54, 1.807) is 24.3 Å². The van der Waals surface area contributed by atoms with Gasteiger partial charge in [-0.3, -0.25) is 9.36 Å². The van der Waals surface area contributed by atoms with E-state index in [1.807, 2.05) is 50.2 Å². The third kappa shape index (κ3) is 4.18. The summed E-state index contributed by atoms with van der Waals surface area (Å²) in [5.74, 6) is -1.17. The first-order chi connectivity index (χ1) is 11.9. The summed E-state index contributed by atoms with van der Waals surface area (Å²) in [6.07, 6.45) is 0. The average Bonchev–Trinajstić information content (AvgIpc) is 2.64. The molecule has 1 atom stereocenters. The molecule has 0 bridgehead atoms. The predicted octanol–water partition coefficient (Wildman–Crippen LogP) is 4.38. The molecular formula is C19H22NO4P. The topological polar surface area (TPSA) is 64.6 Å². The van der Waals surface area contributed by atoms with Crippen molar-refractivity contribution in [1.29, 1.82) is 0 Å². The molecule has 1 amide bonds. The molecule has 1 unspecified atom stereocenters. The fourth-order valence-electron chi connectivity index (χ4n) is 2.53. The SMILES string of the molecule is CC1(C)COP(=O)(C(NC(=O)c2ccccc2)c2ccccc2)OC1. The van der Waals surface area contributed by atoms with Crippen molar-refractivity contribution in [3.05, 3.63) is 71.8 Å². The summed E-state index contributed by atoms with van der Waals surface area (Å²) in [5, 5.41) is 2.84. The zero-order chi connectivity index (χ0) is 17.9. The van der Waals surface area contributed by atoms with Crippen LogP contribution >= 0.6 is 7.60 Å². The van der Waals surface area contributed by atoms with Gasteiger partial charge < -0.3 is 14.4 Å². The van der Waals surface area contributed by atoms with Gasteiger partial charge in [0.05, 0.1) is 13.2 Å². The average molecular weight is 359 g/mol. The Balaban J connectivity index is 1.89. The van der Waals surface area contributed by atoms with Crippen molar-refractivity contribution >= 4 is 13.5 Å². The number of rotatable bonds is 4. The molecule has 0 radical (unpaired) electrons. The highest BCUT2D eigenvalue weighted by Gasteiger charge is 2.44. The zero-order valence-corrected chi connectivity index (χ0v) is 15.2. The van der Waals surface area contributed by atoms with Gasteiger partial charge in [-0.25, -0.2) is 0 Å². The molecule has 0 spiro atoms. The van der Waals surface area contributed by atoms with Crippen LogP contribution in [0.15, 0.2) is 60.7 Å². The lowest BCUT2D eigenvalue weighted by Gasteiger charge is -2.37.